The van der Waals surface area contributed by atoms with Crippen LogP contribution in [-0.4, -0.2) is 14.8 Å². The minimum Gasteiger partial charge on any atom is -0.354 e. The molecule has 0 unspecified atom stereocenters. The third-order valence-corrected chi connectivity index (χ3v) is 4.16. The van der Waals surface area contributed by atoms with Crippen LogP contribution < -0.4 is 5.32 Å². The van der Waals surface area contributed by atoms with Gasteiger partial charge in [-0.1, -0.05) is 35.9 Å². The summed E-state index contributed by atoms with van der Waals surface area (Å²) in [6, 6.07) is 16.6. The molecule has 2 aromatic heterocycles. The molecule has 122 valence electrons. The highest BCUT2D eigenvalue weighted by atomic mass is 35.5. The van der Waals surface area contributed by atoms with Crippen LogP contribution in [0, 0.1) is 13.8 Å². The summed E-state index contributed by atoms with van der Waals surface area (Å²) in [5, 5.41) is 10.3. The molecular formula is C19H19ClN4. The van der Waals surface area contributed by atoms with Gasteiger partial charge in [-0.3, -0.25) is 4.68 Å². The molecule has 0 aliphatic rings. The minimum atomic E-state index is 0. The summed E-state index contributed by atoms with van der Waals surface area (Å²) in [6.07, 6.45) is 0. The molecule has 0 atom stereocenters. The Kier molecular flexibility index (Phi) is 4.16. The van der Waals surface area contributed by atoms with Crippen molar-refractivity contribution >= 4 is 45.7 Å². The highest BCUT2D eigenvalue weighted by Gasteiger charge is 2.15. The number of hydrogen-bond donors (Lipinski definition) is 1. The Morgan fingerprint density at radius 3 is 2.42 bits per heavy atom. The zero-order valence-corrected chi connectivity index (χ0v) is 14.7. The number of halogens is 1. The van der Waals surface area contributed by atoms with E-state index in [9.17, 15) is 0 Å². The average Bonchev–Trinajstić information content (AvgIpc) is 2.83. The van der Waals surface area contributed by atoms with Gasteiger partial charge < -0.3 is 5.32 Å². The van der Waals surface area contributed by atoms with E-state index in [1.54, 1.807) is 0 Å². The molecule has 24 heavy (non-hydrogen) atoms. The molecule has 0 fully saturated rings. The number of nitrogens with zero attached hydrogens (tertiary/aromatic N) is 3. The molecule has 0 bridgehead atoms. The van der Waals surface area contributed by atoms with E-state index in [-0.39, 0.29) is 12.4 Å². The molecule has 5 heteroatoms. The summed E-state index contributed by atoms with van der Waals surface area (Å²) in [5.74, 6) is 0. The molecule has 4 rings (SSSR count). The van der Waals surface area contributed by atoms with E-state index in [0.717, 1.165) is 39.0 Å². The Labute approximate surface area is 146 Å². The second-order valence-corrected chi connectivity index (χ2v) is 5.90. The second kappa shape index (κ2) is 6.13. The quantitative estimate of drug-likeness (QED) is 0.565. The summed E-state index contributed by atoms with van der Waals surface area (Å²) in [6.45, 7) is 4.12. The minimum absolute atomic E-state index is 0. The third-order valence-electron chi connectivity index (χ3n) is 4.16. The fourth-order valence-electron chi connectivity index (χ4n) is 3.01. The highest BCUT2D eigenvalue weighted by molar-refractivity contribution is 6.08. The first-order valence-corrected chi connectivity index (χ1v) is 7.69. The zero-order chi connectivity index (χ0) is 16.0. The van der Waals surface area contributed by atoms with Gasteiger partial charge in [0.1, 0.15) is 0 Å². The number of fused-ring (bicyclic) bond motifs is 2. The van der Waals surface area contributed by atoms with E-state index < -0.39 is 0 Å². The van der Waals surface area contributed by atoms with Gasteiger partial charge in [-0.2, -0.15) is 5.10 Å². The Morgan fingerprint density at radius 1 is 0.958 bits per heavy atom. The molecule has 0 aliphatic carbocycles. The molecule has 1 N–H and O–H groups in total. The maximum absolute atomic E-state index is 4.77. The number of benzene rings is 2. The lowest BCUT2D eigenvalue weighted by atomic mass is 10.1. The fourth-order valence-corrected chi connectivity index (χ4v) is 3.01. The Balaban J connectivity index is 0.00000169. The first-order chi connectivity index (χ1) is 11.1. The maximum Gasteiger partial charge on any atom is 0.160 e. The fraction of sp³-hybridized carbons (Fsp3) is 0.158. The van der Waals surface area contributed by atoms with E-state index in [0.29, 0.717) is 0 Å². The van der Waals surface area contributed by atoms with Crippen LogP contribution in [0.2, 0.25) is 0 Å². The van der Waals surface area contributed by atoms with Crippen LogP contribution in [0.3, 0.4) is 0 Å². The number of para-hydroxylation sites is 1. The summed E-state index contributed by atoms with van der Waals surface area (Å²) in [7, 11) is 1.94. The molecule has 0 aliphatic heterocycles. The van der Waals surface area contributed by atoms with Gasteiger partial charge in [-0.15, -0.1) is 12.4 Å². The van der Waals surface area contributed by atoms with Crippen molar-refractivity contribution in [2.24, 2.45) is 7.05 Å². The van der Waals surface area contributed by atoms with Crippen LogP contribution in [-0.2, 0) is 7.05 Å². The molecule has 0 radical (unpaired) electrons. The lowest BCUT2D eigenvalue weighted by molar-refractivity contribution is 0.775. The number of nitrogens with one attached hydrogen (secondary N) is 1. The largest absolute Gasteiger partial charge is 0.354 e. The lowest BCUT2D eigenvalue weighted by Gasteiger charge is -2.12. The summed E-state index contributed by atoms with van der Waals surface area (Å²) in [4.78, 5) is 4.77. The first kappa shape index (κ1) is 16.3. The van der Waals surface area contributed by atoms with Crippen molar-refractivity contribution < 1.29 is 0 Å². The van der Waals surface area contributed by atoms with Gasteiger partial charge in [0.25, 0.3) is 0 Å². The van der Waals surface area contributed by atoms with Crippen LogP contribution in [0.5, 0.6) is 0 Å². The third kappa shape index (κ3) is 2.59. The molecule has 4 aromatic rings. The number of anilines is 2. The number of hydrogen-bond acceptors (Lipinski definition) is 3. The molecule has 2 aromatic carbocycles. The smallest absolute Gasteiger partial charge is 0.160 e. The predicted molar refractivity (Wildman–Crippen MR) is 102 cm³/mol. The molecule has 0 saturated heterocycles. The van der Waals surface area contributed by atoms with E-state index in [2.05, 4.69) is 47.7 Å². The van der Waals surface area contributed by atoms with Crippen LogP contribution >= 0.6 is 12.4 Å². The topological polar surface area (TPSA) is 42.7 Å². The normalized spacial score (nSPS) is 10.8. The van der Waals surface area contributed by atoms with Gasteiger partial charge in [0, 0.05) is 18.1 Å². The van der Waals surface area contributed by atoms with Crippen LogP contribution in [0.15, 0.2) is 48.5 Å². The second-order valence-electron chi connectivity index (χ2n) is 5.90. The molecule has 2 heterocycles. The van der Waals surface area contributed by atoms with E-state index in [1.807, 2.05) is 36.9 Å². The SMILES string of the molecule is Cc1ccc(Nc2c3ccccc3nc3c2c(C)nn3C)cc1.Cl. The number of aryl methyl sites for hydroxylation is 3. The van der Waals surface area contributed by atoms with Gasteiger partial charge in [0.15, 0.2) is 5.65 Å². The molecule has 0 spiro atoms. The van der Waals surface area contributed by atoms with Crippen molar-refractivity contribution in [3.8, 4) is 0 Å². The van der Waals surface area contributed by atoms with Crippen LogP contribution in [0.4, 0.5) is 11.4 Å². The van der Waals surface area contributed by atoms with Crippen LogP contribution in [0.1, 0.15) is 11.3 Å². The van der Waals surface area contributed by atoms with E-state index in [4.69, 9.17) is 4.98 Å². The predicted octanol–water partition coefficient (Wildman–Crippen LogP) is 4.90. The molecule has 0 saturated carbocycles. The van der Waals surface area contributed by atoms with Gasteiger partial charge in [-0.05, 0) is 32.0 Å². The average molecular weight is 339 g/mol. The van der Waals surface area contributed by atoms with Crippen LogP contribution in [0.25, 0.3) is 21.9 Å². The Morgan fingerprint density at radius 2 is 1.67 bits per heavy atom. The molecular weight excluding hydrogens is 320 g/mol. The monoisotopic (exact) mass is 338 g/mol. The number of pyridine rings is 1. The summed E-state index contributed by atoms with van der Waals surface area (Å²) < 4.78 is 1.84. The summed E-state index contributed by atoms with van der Waals surface area (Å²) >= 11 is 0. The van der Waals surface area contributed by atoms with Crippen molar-refractivity contribution in [2.75, 3.05) is 5.32 Å². The molecule has 0 amide bonds. The van der Waals surface area contributed by atoms with Crippen molar-refractivity contribution in [2.45, 2.75) is 13.8 Å². The van der Waals surface area contributed by atoms with Gasteiger partial charge in [0.2, 0.25) is 0 Å². The van der Waals surface area contributed by atoms with Crippen molar-refractivity contribution in [1.82, 2.24) is 14.8 Å². The van der Waals surface area contributed by atoms with Crippen molar-refractivity contribution in [3.05, 3.63) is 59.8 Å². The number of aromatic nitrogens is 3. The summed E-state index contributed by atoms with van der Waals surface area (Å²) in [5.41, 5.74) is 6.23. The standard InChI is InChI=1S/C19H18N4.ClH/c1-12-8-10-14(11-9-12)20-18-15-6-4-5-7-16(15)21-19-17(18)13(2)22-23(19)3;/h4-11H,1-3H3,(H,20,21);1H. The Hall–Kier alpha value is -2.59. The first-order valence-electron chi connectivity index (χ1n) is 7.69. The lowest BCUT2D eigenvalue weighted by Crippen LogP contribution is -1.97. The van der Waals surface area contributed by atoms with E-state index in [1.165, 1.54) is 5.56 Å². The van der Waals surface area contributed by atoms with Crippen molar-refractivity contribution in [1.29, 1.82) is 0 Å². The maximum atomic E-state index is 4.77. The van der Waals surface area contributed by atoms with Crippen molar-refractivity contribution in [3.63, 3.8) is 0 Å². The van der Waals surface area contributed by atoms with Gasteiger partial charge >= 0.3 is 0 Å². The highest BCUT2D eigenvalue weighted by Crippen LogP contribution is 2.34. The van der Waals surface area contributed by atoms with Gasteiger partial charge in [-0.25, -0.2) is 4.98 Å². The number of rotatable bonds is 2. The Bertz CT molecular complexity index is 1020. The van der Waals surface area contributed by atoms with E-state index >= 15 is 0 Å². The molecule has 4 nitrogen and oxygen atoms in total. The zero-order valence-electron chi connectivity index (χ0n) is 13.9. The van der Waals surface area contributed by atoms with Gasteiger partial charge in [0.05, 0.1) is 22.3 Å².